The third-order valence-corrected chi connectivity index (χ3v) is 1.56. The van der Waals surface area contributed by atoms with Crippen LogP contribution in [0.1, 0.15) is 32.4 Å². The summed E-state index contributed by atoms with van der Waals surface area (Å²) >= 11 is 0. The first-order valence-corrected chi connectivity index (χ1v) is 4.20. The Kier molecular flexibility index (Phi) is 2.95. The number of carbonyl (C=O) groups is 1. The highest BCUT2D eigenvalue weighted by atomic mass is 16.1. The van der Waals surface area contributed by atoms with Crippen LogP contribution >= 0.6 is 0 Å². The van der Waals surface area contributed by atoms with E-state index in [2.05, 4.69) is 15.3 Å². The SMILES string of the molecule is CC(=O)Nc1nccc(C(C)C)n1. The number of hydrogen-bond acceptors (Lipinski definition) is 3. The van der Waals surface area contributed by atoms with E-state index in [-0.39, 0.29) is 5.91 Å². The monoisotopic (exact) mass is 179 g/mol. The lowest BCUT2D eigenvalue weighted by molar-refractivity contribution is -0.114. The number of hydrogen-bond donors (Lipinski definition) is 1. The fraction of sp³-hybridized carbons (Fsp3) is 0.444. The van der Waals surface area contributed by atoms with Crippen LogP contribution in [0.5, 0.6) is 0 Å². The van der Waals surface area contributed by atoms with Crippen molar-refractivity contribution in [1.29, 1.82) is 0 Å². The molecular formula is C9H13N3O. The number of anilines is 1. The molecule has 4 heteroatoms. The molecule has 1 aromatic heterocycles. The topological polar surface area (TPSA) is 54.9 Å². The molecule has 1 N–H and O–H groups in total. The van der Waals surface area contributed by atoms with Crippen LogP contribution in [0.25, 0.3) is 0 Å². The van der Waals surface area contributed by atoms with Crippen molar-refractivity contribution in [2.75, 3.05) is 5.32 Å². The molecule has 0 aliphatic rings. The molecule has 70 valence electrons. The van der Waals surface area contributed by atoms with Crippen molar-refractivity contribution in [3.63, 3.8) is 0 Å². The first-order valence-electron chi connectivity index (χ1n) is 4.20. The minimum Gasteiger partial charge on any atom is -0.295 e. The molecule has 1 amide bonds. The first-order chi connectivity index (χ1) is 6.09. The van der Waals surface area contributed by atoms with Gasteiger partial charge in [0.2, 0.25) is 11.9 Å². The van der Waals surface area contributed by atoms with Gasteiger partial charge >= 0.3 is 0 Å². The number of rotatable bonds is 2. The van der Waals surface area contributed by atoms with E-state index in [4.69, 9.17) is 0 Å². The van der Waals surface area contributed by atoms with Gasteiger partial charge in [-0.3, -0.25) is 10.1 Å². The quantitative estimate of drug-likeness (QED) is 0.749. The van der Waals surface area contributed by atoms with Crippen LogP contribution in [0.3, 0.4) is 0 Å². The molecule has 0 unspecified atom stereocenters. The van der Waals surface area contributed by atoms with Gasteiger partial charge < -0.3 is 0 Å². The van der Waals surface area contributed by atoms with Gasteiger partial charge in [-0.15, -0.1) is 0 Å². The maximum Gasteiger partial charge on any atom is 0.229 e. The van der Waals surface area contributed by atoms with Crippen LogP contribution in [0, 0.1) is 0 Å². The summed E-state index contributed by atoms with van der Waals surface area (Å²) in [6.45, 7) is 5.52. The second-order valence-corrected chi connectivity index (χ2v) is 3.14. The fourth-order valence-corrected chi connectivity index (χ4v) is 0.912. The van der Waals surface area contributed by atoms with Crippen molar-refractivity contribution >= 4 is 11.9 Å². The van der Waals surface area contributed by atoms with Gasteiger partial charge in [-0.25, -0.2) is 9.97 Å². The molecular weight excluding hydrogens is 166 g/mol. The maximum absolute atomic E-state index is 10.7. The summed E-state index contributed by atoms with van der Waals surface area (Å²) in [5, 5.41) is 2.54. The van der Waals surface area contributed by atoms with Crippen molar-refractivity contribution in [3.8, 4) is 0 Å². The highest BCUT2D eigenvalue weighted by molar-refractivity contribution is 5.86. The summed E-state index contributed by atoms with van der Waals surface area (Å²) in [6, 6.07) is 1.84. The zero-order valence-corrected chi connectivity index (χ0v) is 8.03. The lowest BCUT2D eigenvalue weighted by Crippen LogP contribution is -2.10. The van der Waals surface area contributed by atoms with E-state index in [1.165, 1.54) is 6.92 Å². The van der Waals surface area contributed by atoms with Gasteiger partial charge in [0.05, 0.1) is 0 Å². The molecule has 0 radical (unpaired) electrons. The molecule has 0 fully saturated rings. The molecule has 1 aromatic rings. The van der Waals surface area contributed by atoms with Crippen LogP contribution in [-0.4, -0.2) is 15.9 Å². The Hall–Kier alpha value is -1.45. The van der Waals surface area contributed by atoms with Gasteiger partial charge in [0.25, 0.3) is 0 Å². The molecule has 0 aromatic carbocycles. The Labute approximate surface area is 77.4 Å². The molecule has 0 aliphatic carbocycles. The second kappa shape index (κ2) is 3.98. The molecule has 0 saturated heterocycles. The van der Waals surface area contributed by atoms with Crippen LogP contribution in [0.4, 0.5) is 5.95 Å². The molecule has 1 rings (SSSR count). The van der Waals surface area contributed by atoms with E-state index in [1.807, 2.05) is 19.9 Å². The zero-order chi connectivity index (χ0) is 9.84. The predicted molar refractivity (Wildman–Crippen MR) is 50.4 cm³/mol. The summed E-state index contributed by atoms with van der Waals surface area (Å²) in [7, 11) is 0. The van der Waals surface area contributed by atoms with Gasteiger partial charge in [0.1, 0.15) is 0 Å². The molecule has 1 heterocycles. The number of nitrogens with one attached hydrogen (secondary N) is 1. The third kappa shape index (κ3) is 2.82. The highest BCUT2D eigenvalue weighted by Crippen LogP contribution is 2.11. The van der Waals surface area contributed by atoms with Crippen molar-refractivity contribution < 1.29 is 4.79 Å². The summed E-state index contributed by atoms with van der Waals surface area (Å²) < 4.78 is 0. The predicted octanol–water partition coefficient (Wildman–Crippen LogP) is 1.56. The molecule has 0 saturated carbocycles. The van der Waals surface area contributed by atoms with Gasteiger partial charge in [-0.2, -0.15) is 0 Å². The minimum atomic E-state index is -0.152. The van der Waals surface area contributed by atoms with Crippen LogP contribution < -0.4 is 5.32 Å². The highest BCUT2D eigenvalue weighted by Gasteiger charge is 2.03. The fourth-order valence-electron chi connectivity index (χ4n) is 0.912. The maximum atomic E-state index is 10.7. The van der Waals surface area contributed by atoms with Crippen molar-refractivity contribution in [2.45, 2.75) is 26.7 Å². The van der Waals surface area contributed by atoms with E-state index >= 15 is 0 Å². The minimum absolute atomic E-state index is 0.152. The number of carbonyl (C=O) groups excluding carboxylic acids is 1. The molecule has 0 atom stereocenters. The van der Waals surface area contributed by atoms with Crippen LogP contribution in [0.2, 0.25) is 0 Å². The van der Waals surface area contributed by atoms with Crippen LogP contribution in [-0.2, 0) is 4.79 Å². The van der Waals surface area contributed by atoms with Crippen LogP contribution in [0.15, 0.2) is 12.3 Å². The van der Waals surface area contributed by atoms with E-state index in [9.17, 15) is 4.79 Å². The Bertz CT molecular complexity index is 309. The van der Waals surface area contributed by atoms with Crippen molar-refractivity contribution in [3.05, 3.63) is 18.0 Å². The molecule has 0 bridgehead atoms. The number of amides is 1. The smallest absolute Gasteiger partial charge is 0.229 e. The van der Waals surface area contributed by atoms with Gasteiger partial charge in [0, 0.05) is 18.8 Å². The van der Waals surface area contributed by atoms with Gasteiger partial charge in [-0.05, 0) is 12.0 Å². The van der Waals surface area contributed by atoms with E-state index in [0.717, 1.165) is 5.69 Å². The lowest BCUT2D eigenvalue weighted by atomic mass is 10.1. The van der Waals surface area contributed by atoms with E-state index in [1.54, 1.807) is 6.20 Å². The van der Waals surface area contributed by atoms with Crippen molar-refractivity contribution in [1.82, 2.24) is 9.97 Å². The number of nitrogens with zero attached hydrogens (tertiary/aromatic N) is 2. The zero-order valence-electron chi connectivity index (χ0n) is 8.03. The summed E-state index contributed by atoms with van der Waals surface area (Å²) in [4.78, 5) is 18.8. The first kappa shape index (κ1) is 9.64. The molecule has 4 nitrogen and oxygen atoms in total. The number of aromatic nitrogens is 2. The van der Waals surface area contributed by atoms with Gasteiger partial charge in [-0.1, -0.05) is 13.8 Å². The largest absolute Gasteiger partial charge is 0.295 e. The average Bonchev–Trinajstić information content (AvgIpc) is 2.03. The lowest BCUT2D eigenvalue weighted by Gasteiger charge is -2.05. The Balaban J connectivity index is 2.85. The molecule has 13 heavy (non-hydrogen) atoms. The normalized spacial score (nSPS) is 10.2. The van der Waals surface area contributed by atoms with Gasteiger partial charge in [0.15, 0.2) is 0 Å². The summed E-state index contributed by atoms with van der Waals surface area (Å²) in [5.41, 5.74) is 0.929. The van der Waals surface area contributed by atoms with E-state index < -0.39 is 0 Å². The molecule has 0 aliphatic heterocycles. The Morgan fingerprint density at radius 3 is 2.77 bits per heavy atom. The third-order valence-electron chi connectivity index (χ3n) is 1.56. The molecule has 0 spiro atoms. The summed E-state index contributed by atoms with van der Waals surface area (Å²) in [6.07, 6.45) is 1.65. The standard InChI is InChI=1S/C9H13N3O/c1-6(2)8-4-5-10-9(12-8)11-7(3)13/h4-6H,1-3H3,(H,10,11,12,13). The second-order valence-electron chi connectivity index (χ2n) is 3.14. The van der Waals surface area contributed by atoms with E-state index in [0.29, 0.717) is 11.9 Å². The summed E-state index contributed by atoms with van der Waals surface area (Å²) in [5.74, 6) is 0.565. The Morgan fingerprint density at radius 2 is 2.23 bits per heavy atom. The Morgan fingerprint density at radius 1 is 1.54 bits per heavy atom. The average molecular weight is 179 g/mol. The van der Waals surface area contributed by atoms with Crippen molar-refractivity contribution in [2.24, 2.45) is 0 Å².